The van der Waals surface area contributed by atoms with Crippen molar-refractivity contribution in [1.29, 1.82) is 0 Å². The second-order valence-corrected chi connectivity index (χ2v) is 2.27. The van der Waals surface area contributed by atoms with E-state index in [-0.39, 0.29) is 0 Å². The van der Waals surface area contributed by atoms with Crippen LogP contribution in [0.1, 0.15) is 0 Å². The maximum absolute atomic E-state index is 9.84. The van der Waals surface area contributed by atoms with Crippen molar-refractivity contribution in [3.05, 3.63) is 17.4 Å². The number of carboxylic acids is 1. The van der Waals surface area contributed by atoms with Gasteiger partial charge in [0.1, 0.15) is 0 Å². The molecule has 1 unspecified atom stereocenters. The standard InChI is InChI=1S/C4H6AsO2/c1-2-3(5)4(6)7/h2H,1,5H2,(H,6,7). The summed E-state index contributed by atoms with van der Waals surface area (Å²) in [6.45, 7) is 3.28. The van der Waals surface area contributed by atoms with Crippen molar-refractivity contribution in [2.45, 2.75) is 0 Å². The fourth-order valence-corrected chi connectivity index (χ4v) is 0.0873. The fraction of sp³-hybridized carbons (Fsp3) is 0. The molecule has 0 bridgehead atoms. The topological polar surface area (TPSA) is 37.3 Å². The molecule has 1 atom stereocenters. The van der Waals surface area contributed by atoms with Gasteiger partial charge in [-0.25, -0.2) is 0 Å². The van der Waals surface area contributed by atoms with Crippen LogP contribution in [-0.4, -0.2) is 27.9 Å². The van der Waals surface area contributed by atoms with Crippen LogP contribution in [0.2, 0.25) is 0 Å². The molecule has 0 amide bonds. The molecule has 0 aromatic carbocycles. The van der Waals surface area contributed by atoms with Crippen LogP contribution in [0, 0.1) is 4.71 Å². The van der Waals surface area contributed by atoms with E-state index in [0.717, 1.165) is 16.9 Å². The van der Waals surface area contributed by atoms with E-state index in [0.29, 0.717) is 4.71 Å². The molecule has 0 fully saturated rings. The Balaban J connectivity index is 3.55. The number of rotatable bonds is 2. The molecule has 0 rings (SSSR count). The predicted molar refractivity (Wildman–Crippen MR) is 29.6 cm³/mol. The monoisotopic (exact) mass is 161 g/mol. The SMILES string of the molecule is C=C[C]([AsH2])C(=O)O. The Morgan fingerprint density at radius 3 is 2.29 bits per heavy atom. The second-order valence-electron chi connectivity index (χ2n) is 0.965. The third-order valence-corrected chi connectivity index (χ3v) is 1.48. The van der Waals surface area contributed by atoms with E-state index < -0.39 is 5.97 Å². The molecule has 1 radical (unpaired) electrons. The summed E-state index contributed by atoms with van der Waals surface area (Å²) in [5, 5.41) is 8.09. The average Bonchev–Trinajstić information content (AvgIpc) is 1.65. The zero-order valence-corrected chi connectivity index (χ0v) is 6.14. The zero-order chi connectivity index (χ0) is 5.86. The molecule has 39 valence electrons. The average molecular weight is 161 g/mol. The van der Waals surface area contributed by atoms with Gasteiger partial charge in [-0.2, -0.15) is 0 Å². The van der Waals surface area contributed by atoms with Crippen LogP contribution in [-0.2, 0) is 4.79 Å². The van der Waals surface area contributed by atoms with Crippen molar-refractivity contribution in [2.75, 3.05) is 0 Å². The van der Waals surface area contributed by atoms with E-state index >= 15 is 0 Å². The molecule has 0 aliphatic heterocycles. The summed E-state index contributed by atoms with van der Waals surface area (Å²) in [4.78, 5) is 9.84. The molecule has 2 nitrogen and oxygen atoms in total. The Bertz CT molecular complexity index is 89.7. The molecule has 0 aliphatic carbocycles. The first kappa shape index (κ1) is 6.77. The number of aliphatic carboxylic acids is 1. The van der Waals surface area contributed by atoms with Crippen LogP contribution in [0.4, 0.5) is 0 Å². The Hall–Kier alpha value is -0.232. The van der Waals surface area contributed by atoms with E-state index in [4.69, 9.17) is 5.11 Å². The van der Waals surface area contributed by atoms with E-state index in [2.05, 4.69) is 6.58 Å². The summed E-state index contributed by atoms with van der Waals surface area (Å²) in [6.07, 6.45) is 1.34. The van der Waals surface area contributed by atoms with Crippen molar-refractivity contribution in [1.82, 2.24) is 0 Å². The third kappa shape index (κ3) is 2.46. The molecule has 0 heterocycles. The summed E-state index contributed by atoms with van der Waals surface area (Å²) >= 11 is 1.08. The molecule has 0 spiro atoms. The van der Waals surface area contributed by atoms with Crippen LogP contribution in [0.15, 0.2) is 12.7 Å². The minimum atomic E-state index is -0.880. The molecule has 0 aliphatic rings. The van der Waals surface area contributed by atoms with E-state index in [1.807, 2.05) is 0 Å². The Morgan fingerprint density at radius 2 is 2.29 bits per heavy atom. The molecular formula is C4H6AsO2. The van der Waals surface area contributed by atoms with Crippen molar-refractivity contribution in [2.24, 2.45) is 0 Å². The van der Waals surface area contributed by atoms with Gasteiger partial charge in [-0.3, -0.25) is 0 Å². The zero-order valence-electron chi connectivity index (χ0n) is 3.72. The first-order valence-electron chi connectivity index (χ1n) is 1.66. The Kier molecular flexibility index (Phi) is 2.77. The quantitative estimate of drug-likeness (QED) is 0.550. The van der Waals surface area contributed by atoms with Gasteiger partial charge >= 0.3 is 50.1 Å². The van der Waals surface area contributed by atoms with Crippen molar-refractivity contribution in [3.8, 4) is 0 Å². The molecule has 0 aromatic heterocycles. The van der Waals surface area contributed by atoms with Gasteiger partial charge in [-0.1, -0.05) is 0 Å². The van der Waals surface area contributed by atoms with Gasteiger partial charge in [0.25, 0.3) is 0 Å². The molecule has 1 N–H and O–H groups in total. The van der Waals surface area contributed by atoms with Gasteiger partial charge in [-0.05, 0) is 0 Å². The summed E-state index contributed by atoms with van der Waals surface area (Å²) in [7, 11) is 0. The van der Waals surface area contributed by atoms with Gasteiger partial charge in [0.15, 0.2) is 0 Å². The van der Waals surface area contributed by atoms with Crippen LogP contribution in [0.25, 0.3) is 0 Å². The normalized spacial score (nSPS) is 8.86. The Morgan fingerprint density at radius 1 is 1.86 bits per heavy atom. The van der Waals surface area contributed by atoms with Crippen molar-refractivity contribution < 1.29 is 9.90 Å². The first-order valence-corrected chi connectivity index (χ1v) is 2.87. The Labute approximate surface area is 50.7 Å². The summed E-state index contributed by atoms with van der Waals surface area (Å²) in [5.41, 5.74) is 0. The van der Waals surface area contributed by atoms with E-state index in [1.54, 1.807) is 0 Å². The number of carboxylic acid groups (broad SMARTS) is 1. The fourth-order valence-electron chi connectivity index (χ4n) is 0.0873. The maximum atomic E-state index is 9.84. The van der Waals surface area contributed by atoms with Crippen LogP contribution < -0.4 is 0 Å². The van der Waals surface area contributed by atoms with E-state index in [1.165, 1.54) is 6.08 Å². The first-order chi connectivity index (χ1) is 3.18. The summed E-state index contributed by atoms with van der Waals surface area (Å²) in [5.74, 6) is -0.880. The number of hydrogen-bond acceptors (Lipinski definition) is 1. The molecular weight excluding hydrogens is 155 g/mol. The van der Waals surface area contributed by atoms with Gasteiger partial charge in [0.2, 0.25) is 0 Å². The van der Waals surface area contributed by atoms with Gasteiger partial charge in [0, 0.05) is 0 Å². The molecule has 3 heteroatoms. The molecule has 0 saturated heterocycles. The molecule has 7 heavy (non-hydrogen) atoms. The van der Waals surface area contributed by atoms with Crippen LogP contribution >= 0.6 is 0 Å². The second kappa shape index (κ2) is 2.86. The molecule has 0 saturated carbocycles. The summed E-state index contributed by atoms with van der Waals surface area (Å²) < 4.78 is 0.340. The summed E-state index contributed by atoms with van der Waals surface area (Å²) in [6, 6.07) is 0. The van der Waals surface area contributed by atoms with Gasteiger partial charge < -0.3 is 0 Å². The third-order valence-electron chi connectivity index (χ3n) is 0.467. The predicted octanol–water partition coefficient (Wildman–Crippen LogP) is -0.578. The van der Waals surface area contributed by atoms with Crippen LogP contribution in [0.3, 0.4) is 0 Å². The van der Waals surface area contributed by atoms with Gasteiger partial charge in [-0.15, -0.1) is 0 Å². The van der Waals surface area contributed by atoms with Gasteiger partial charge in [0.05, 0.1) is 0 Å². The molecule has 0 aromatic rings. The van der Waals surface area contributed by atoms with Crippen molar-refractivity contribution in [3.63, 3.8) is 0 Å². The number of carbonyl (C=O) groups is 1. The minimum absolute atomic E-state index is 0.340. The van der Waals surface area contributed by atoms with Crippen LogP contribution in [0.5, 0.6) is 0 Å². The number of hydrogen-bond donors (Lipinski definition) is 1. The van der Waals surface area contributed by atoms with E-state index in [9.17, 15) is 4.79 Å². The van der Waals surface area contributed by atoms with Crippen molar-refractivity contribution >= 4 is 22.8 Å².